The molecule has 0 atom stereocenters. The highest BCUT2D eigenvalue weighted by Gasteiger charge is 2.03. The molecule has 0 unspecified atom stereocenters. The number of rotatable bonds is 2. The molecule has 2 rings (SSSR count). The Balaban J connectivity index is 2.22. The number of hydrogen-bond acceptors (Lipinski definition) is 4. The Morgan fingerprint density at radius 2 is 2.07 bits per heavy atom. The van der Waals surface area contributed by atoms with Crippen LogP contribution in [0.25, 0.3) is 0 Å². The van der Waals surface area contributed by atoms with E-state index in [2.05, 4.69) is 15.2 Å². The van der Waals surface area contributed by atoms with Gasteiger partial charge in [0.15, 0.2) is 5.15 Å². The molecule has 0 saturated heterocycles. The minimum atomic E-state index is 0.400. The first-order valence-electron chi connectivity index (χ1n) is 4.34. The molecule has 0 bridgehead atoms. The highest BCUT2D eigenvalue weighted by atomic mass is 35.5. The Hall–Kier alpha value is -1.13. The van der Waals surface area contributed by atoms with E-state index in [-0.39, 0.29) is 0 Å². The zero-order valence-corrected chi connectivity index (χ0v) is 9.59. The molecule has 0 radical (unpaired) electrons. The Labute approximate surface area is 96.9 Å². The van der Waals surface area contributed by atoms with Crippen LogP contribution < -0.4 is 0 Å². The second-order valence-electron chi connectivity index (χ2n) is 2.92. The molecule has 2 heterocycles. The number of halogens is 1. The maximum Gasteiger partial charge on any atom is 0.151 e. The van der Waals surface area contributed by atoms with Crippen molar-refractivity contribution in [1.82, 2.24) is 15.2 Å². The average Bonchev–Trinajstić information content (AvgIpc) is 2.25. The molecule has 0 aliphatic heterocycles. The quantitative estimate of drug-likeness (QED) is 0.805. The van der Waals surface area contributed by atoms with Crippen LogP contribution in [0.3, 0.4) is 0 Å². The number of hydrogen-bond donors (Lipinski definition) is 0. The maximum atomic E-state index is 5.65. The van der Waals surface area contributed by atoms with E-state index in [4.69, 9.17) is 11.6 Å². The van der Waals surface area contributed by atoms with Gasteiger partial charge in [-0.3, -0.25) is 0 Å². The van der Waals surface area contributed by atoms with Crippen molar-refractivity contribution >= 4 is 23.4 Å². The summed E-state index contributed by atoms with van der Waals surface area (Å²) in [5.41, 5.74) is 1.12. The molecule has 0 saturated carbocycles. The lowest BCUT2D eigenvalue weighted by molar-refractivity contribution is 0.925. The molecule has 0 aliphatic rings. The topological polar surface area (TPSA) is 38.7 Å². The van der Waals surface area contributed by atoms with Gasteiger partial charge in [-0.1, -0.05) is 17.7 Å². The monoisotopic (exact) mass is 237 g/mol. The summed E-state index contributed by atoms with van der Waals surface area (Å²) in [6, 6.07) is 7.47. The number of nitrogens with zero attached hydrogens (tertiary/aromatic N) is 3. The molecule has 0 aromatic carbocycles. The molecule has 15 heavy (non-hydrogen) atoms. The number of pyridine rings is 1. The van der Waals surface area contributed by atoms with Crippen LogP contribution in [0.5, 0.6) is 0 Å². The zero-order valence-electron chi connectivity index (χ0n) is 8.01. The third kappa shape index (κ3) is 2.67. The fourth-order valence-corrected chi connectivity index (χ4v) is 1.89. The van der Waals surface area contributed by atoms with Gasteiger partial charge in [0.1, 0.15) is 10.1 Å². The summed E-state index contributed by atoms with van der Waals surface area (Å²) in [5, 5.41) is 9.86. The lowest BCUT2D eigenvalue weighted by atomic mass is 10.3. The lowest BCUT2D eigenvalue weighted by Gasteiger charge is -2.01. The van der Waals surface area contributed by atoms with Crippen molar-refractivity contribution in [3.63, 3.8) is 0 Å². The molecule has 3 nitrogen and oxygen atoms in total. The van der Waals surface area contributed by atoms with Crippen molar-refractivity contribution < 1.29 is 0 Å². The first-order chi connectivity index (χ1) is 7.25. The maximum absolute atomic E-state index is 5.65. The smallest absolute Gasteiger partial charge is 0.151 e. The molecule has 5 heteroatoms. The van der Waals surface area contributed by atoms with Crippen LogP contribution in [0.2, 0.25) is 5.15 Å². The highest BCUT2D eigenvalue weighted by molar-refractivity contribution is 7.99. The summed E-state index contributed by atoms with van der Waals surface area (Å²) in [5.74, 6) is 0. The SMILES string of the molecule is Cc1cccnc1Sc1ccc(Cl)nn1. The van der Waals surface area contributed by atoms with Crippen molar-refractivity contribution in [2.45, 2.75) is 17.0 Å². The summed E-state index contributed by atoms with van der Waals surface area (Å²) < 4.78 is 0. The Bertz CT molecular complexity index is 458. The van der Waals surface area contributed by atoms with Gasteiger partial charge >= 0.3 is 0 Å². The largest absolute Gasteiger partial charge is 0.249 e. The number of aromatic nitrogens is 3. The predicted molar refractivity (Wildman–Crippen MR) is 60.1 cm³/mol. The second kappa shape index (κ2) is 4.59. The molecule has 0 spiro atoms. The van der Waals surface area contributed by atoms with Crippen LogP contribution in [-0.2, 0) is 0 Å². The number of aryl methyl sites for hydroxylation is 1. The van der Waals surface area contributed by atoms with Crippen molar-refractivity contribution in [2.24, 2.45) is 0 Å². The first kappa shape index (κ1) is 10.4. The Morgan fingerprint density at radius 3 is 2.73 bits per heavy atom. The van der Waals surface area contributed by atoms with Crippen molar-refractivity contribution in [3.05, 3.63) is 41.2 Å². The van der Waals surface area contributed by atoms with E-state index in [1.807, 2.05) is 25.1 Å². The first-order valence-corrected chi connectivity index (χ1v) is 5.54. The molecule has 0 fully saturated rings. The minimum Gasteiger partial charge on any atom is -0.249 e. The van der Waals surface area contributed by atoms with Crippen LogP contribution in [0, 0.1) is 6.92 Å². The second-order valence-corrected chi connectivity index (χ2v) is 4.32. The lowest BCUT2D eigenvalue weighted by Crippen LogP contribution is -1.88. The van der Waals surface area contributed by atoms with Gasteiger partial charge in [0.25, 0.3) is 0 Å². The summed E-state index contributed by atoms with van der Waals surface area (Å²) in [6.45, 7) is 2.01. The fraction of sp³-hybridized carbons (Fsp3) is 0.100. The minimum absolute atomic E-state index is 0.400. The fourth-order valence-electron chi connectivity index (χ4n) is 1.04. The van der Waals surface area contributed by atoms with Crippen molar-refractivity contribution in [3.8, 4) is 0 Å². The highest BCUT2D eigenvalue weighted by Crippen LogP contribution is 2.26. The third-order valence-electron chi connectivity index (χ3n) is 1.77. The van der Waals surface area contributed by atoms with E-state index in [1.54, 1.807) is 12.3 Å². The summed E-state index contributed by atoms with van der Waals surface area (Å²) in [7, 11) is 0. The average molecular weight is 238 g/mol. The summed E-state index contributed by atoms with van der Waals surface area (Å²) in [4.78, 5) is 4.26. The predicted octanol–water partition coefficient (Wildman–Crippen LogP) is 2.98. The van der Waals surface area contributed by atoms with Crippen LogP contribution in [0.1, 0.15) is 5.56 Å². The van der Waals surface area contributed by atoms with E-state index in [0.717, 1.165) is 15.6 Å². The van der Waals surface area contributed by atoms with Gasteiger partial charge in [-0.25, -0.2) is 4.98 Å². The third-order valence-corrected chi connectivity index (χ3v) is 3.02. The van der Waals surface area contributed by atoms with E-state index in [1.165, 1.54) is 11.8 Å². The van der Waals surface area contributed by atoms with Crippen LogP contribution in [-0.4, -0.2) is 15.2 Å². The van der Waals surface area contributed by atoms with Gasteiger partial charge in [0.2, 0.25) is 0 Å². The van der Waals surface area contributed by atoms with Gasteiger partial charge in [-0.2, -0.15) is 0 Å². The van der Waals surface area contributed by atoms with Crippen LogP contribution in [0.15, 0.2) is 40.5 Å². The van der Waals surface area contributed by atoms with Crippen LogP contribution in [0.4, 0.5) is 0 Å². The molecule has 76 valence electrons. The molecule has 0 N–H and O–H groups in total. The van der Waals surface area contributed by atoms with Crippen LogP contribution >= 0.6 is 23.4 Å². The van der Waals surface area contributed by atoms with Gasteiger partial charge in [0, 0.05) is 6.20 Å². The van der Waals surface area contributed by atoms with E-state index in [9.17, 15) is 0 Å². The van der Waals surface area contributed by atoms with Gasteiger partial charge in [-0.05, 0) is 42.4 Å². The normalized spacial score (nSPS) is 10.3. The molecule has 2 aromatic heterocycles. The summed E-state index contributed by atoms with van der Waals surface area (Å²) in [6.07, 6.45) is 1.76. The zero-order chi connectivity index (χ0) is 10.7. The van der Waals surface area contributed by atoms with E-state index in [0.29, 0.717) is 5.15 Å². The van der Waals surface area contributed by atoms with Crippen molar-refractivity contribution in [2.75, 3.05) is 0 Å². The van der Waals surface area contributed by atoms with Gasteiger partial charge in [-0.15, -0.1) is 10.2 Å². The van der Waals surface area contributed by atoms with E-state index < -0.39 is 0 Å². The van der Waals surface area contributed by atoms with Crippen molar-refractivity contribution in [1.29, 1.82) is 0 Å². The Morgan fingerprint density at radius 1 is 1.20 bits per heavy atom. The molecular weight excluding hydrogens is 230 g/mol. The Kier molecular flexibility index (Phi) is 3.18. The molecular formula is C10H8ClN3S. The summed E-state index contributed by atoms with van der Waals surface area (Å²) >= 11 is 7.13. The van der Waals surface area contributed by atoms with Gasteiger partial charge in [0.05, 0.1) is 0 Å². The standard InChI is InChI=1S/C10H8ClN3S/c1-7-3-2-6-12-10(7)15-9-5-4-8(11)13-14-9/h2-6H,1H3. The molecule has 0 aliphatic carbocycles. The molecule has 2 aromatic rings. The molecule has 0 amide bonds. The van der Waals surface area contributed by atoms with Gasteiger partial charge < -0.3 is 0 Å². The van der Waals surface area contributed by atoms with E-state index >= 15 is 0 Å².